The Labute approximate surface area is 224 Å². The summed E-state index contributed by atoms with van der Waals surface area (Å²) in [6.07, 6.45) is 19.8. The Balaban J connectivity index is 2.30. The number of unbranched alkanes of at least 4 members (excludes halogenated alkanes) is 11. The topological polar surface area (TPSA) is 96.6 Å². The fourth-order valence-electron chi connectivity index (χ4n) is 4.62. The smallest absolute Gasteiger partial charge is 0.326 e. The minimum absolute atomic E-state index is 0.0908. The van der Waals surface area contributed by atoms with E-state index in [1.165, 1.54) is 83.5 Å². The van der Waals surface area contributed by atoms with Gasteiger partial charge >= 0.3 is 6.03 Å². The quantitative estimate of drug-likeness (QED) is 0.0664. The Hall–Kier alpha value is -1.60. The summed E-state index contributed by atoms with van der Waals surface area (Å²) in [5.41, 5.74) is 10.6. The average Bonchev–Trinajstić information content (AvgIpc) is 2.84. The van der Waals surface area contributed by atoms with Crippen molar-refractivity contribution in [2.24, 2.45) is 11.7 Å². The van der Waals surface area contributed by atoms with Gasteiger partial charge in [0, 0.05) is 5.25 Å². The van der Waals surface area contributed by atoms with Crippen LogP contribution in [0.4, 0.5) is 4.79 Å². The molecule has 1 aromatic rings. The molecular weight excluding hydrogens is 470 g/mol. The second kappa shape index (κ2) is 21.5. The van der Waals surface area contributed by atoms with Gasteiger partial charge < -0.3 is 15.6 Å². The van der Waals surface area contributed by atoms with Crippen LogP contribution in [-0.2, 0) is 0 Å². The van der Waals surface area contributed by atoms with Crippen LogP contribution in [0.2, 0.25) is 0 Å². The molecule has 0 aliphatic heterocycles. The van der Waals surface area contributed by atoms with Crippen molar-refractivity contribution in [2.75, 3.05) is 6.61 Å². The van der Waals surface area contributed by atoms with Crippen molar-refractivity contribution < 1.29 is 14.6 Å². The Morgan fingerprint density at radius 1 is 0.917 bits per heavy atom. The van der Waals surface area contributed by atoms with E-state index >= 15 is 0 Å². The van der Waals surface area contributed by atoms with Crippen LogP contribution < -0.4 is 21.3 Å². The molecule has 3 unspecified atom stereocenters. The summed E-state index contributed by atoms with van der Waals surface area (Å²) >= 11 is 1.81. The van der Waals surface area contributed by atoms with E-state index in [2.05, 4.69) is 24.7 Å². The molecule has 0 heterocycles. The molecule has 1 rings (SSSR count). The minimum Gasteiger partial charge on any atom is -0.508 e. The number of benzene rings is 1. The number of hydrogen-bond donors (Lipinski definition) is 4. The summed E-state index contributed by atoms with van der Waals surface area (Å²) in [5.74, 6) is 1.66. The Kier molecular flexibility index (Phi) is 19.4. The monoisotopic (exact) mass is 523 g/mol. The predicted octanol–water partition coefficient (Wildman–Crippen LogP) is 7.90. The van der Waals surface area contributed by atoms with E-state index < -0.39 is 6.03 Å². The van der Waals surface area contributed by atoms with Gasteiger partial charge in [-0.3, -0.25) is 5.43 Å². The Morgan fingerprint density at radius 2 is 1.47 bits per heavy atom. The van der Waals surface area contributed by atoms with Gasteiger partial charge in [0.05, 0.1) is 12.0 Å². The van der Waals surface area contributed by atoms with Crippen molar-refractivity contribution in [1.82, 2.24) is 10.9 Å². The van der Waals surface area contributed by atoms with Crippen molar-refractivity contribution in [3.05, 3.63) is 24.3 Å². The Bertz CT molecular complexity index is 660. The minimum atomic E-state index is -0.564. The maximum atomic E-state index is 10.9. The zero-order valence-corrected chi connectivity index (χ0v) is 23.9. The van der Waals surface area contributed by atoms with Gasteiger partial charge in [-0.1, -0.05) is 97.3 Å². The SMILES string of the molecule is CCCCCCCCCCCCCCC(CCOc1ccc(O)cc1)CC(C)SC(C)NNC(N)=O. The number of phenols is 1. The number of carbonyl (C=O) groups excluding carboxylic acids is 1. The van der Waals surface area contributed by atoms with Gasteiger partial charge in [0.25, 0.3) is 0 Å². The zero-order valence-electron chi connectivity index (χ0n) is 23.1. The molecule has 0 aromatic heterocycles. The third-order valence-electron chi connectivity index (χ3n) is 6.60. The molecule has 0 aliphatic carbocycles. The summed E-state index contributed by atoms with van der Waals surface area (Å²) in [4.78, 5) is 10.9. The first-order valence-electron chi connectivity index (χ1n) is 14.3. The van der Waals surface area contributed by atoms with E-state index in [0.29, 0.717) is 17.8 Å². The van der Waals surface area contributed by atoms with Crippen LogP contribution in [-0.4, -0.2) is 28.4 Å². The third-order valence-corrected chi connectivity index (χ3v) is 7.78. The van der Waals surface area contributed by atoms with Gasteiger partial charge in [0.15, 0.2) is 0 Å². The summed E-state index contributed by atoms with van der Waals surface area (Å²) in [7, 11) is 0. The van der Waals surface area contributed by atoms with Crippen LogP contribution in [0.5, 0.6) is 11.5 Å². The number of nitrogens with two attached hydrogens (primary N) is 1. The van der Waals surface area contributed by atoms with Crippen molar-refractivity contribution in [1.29, 1.82) is 0 Å². The van der Waals surface area contributed by atoms with Gasteiger partial charge in [0.2, 0.25) is 0 Å². The Morgan fingerprint density at radius 3 is 2.03 bits per heavy atom. The lowest BCUT2D eigenvalue weighted by molar-refractivity contribution is 0.244. The number of hydrogen-bond acceptors (Lipinski definition) is 5. The number of rotatable bonds is 23. The fourth-order valence-corrected chi connectivity index (χ4v) is 5.83. The second-order valence-electron chi connectivity index (χ2n) is 10.1. The summed E-state index contributed by atoms with van der Waals surface area (Å²) in [6.45, 7) is 7.24. The first-order valence-corrected chi connectivity index (χ1v) is 15.2. The van der Waals surface area contributed by atoms with Gasteiger partial charge in [0.1, 0.15) is 11.5 Å². The van der Waals surface area contributed by atoms with Crippen LogP contribution in [0.25, 0.3) is 0 Å². The molecule has 1 aromatic carbocycles. The van der Waals surface area contributed by atoms with Crippen LogP contribution >= 0.6 is 11.8 Å². The highest BCUT2D eigenvalue weighted by molar-refractivity contribution is 8.00. The van der Waals surface area contributed by atoms with Crippen LogP contribution in [0.3, 0.4) is 0 Å². The zero-order chi connectivity index (χ0) is 26.4. The largest absolute Gasteiger partial charge is 0.508 e. The van der Waals surface area contributed by atoms with Crippen molar-refractivity contribution in [3.8, 4) is 11.5 Å². The molecule has 5 N–H and O–H groups in total. The molecule has 0 bridgehead atoms. The summed E-state index contributed by atoms with van der Waals surface area (Å²) in [5, 5.41) is 10.0. The average molecular weight is 524 g/mol. The number of aromatic hydroxyl groups is 1. The first-order chi connectivity index (χ1) is 17.4. The standard InChI is InChI=1S/C29H53N3O3S/c1-4-5-6-7-8-9-10-11-12-13-14-15-16-26(21-22-35-28-19-17-27(33)18-20-28)23-24(2)36-25(3)31-32-29(30)34/h17-20,24-26,31,33H,4-16,21-23H2,1-3H3,(H3,30,32,34). The van der Waals surface area contributed by atoms with E-state index in [9.17, 15) is 9.90 Å². The number of amides is 2. The number of hydrazine groups is 1. The third kappa shape index (κ3) is 18.6. The number of phenolic OH excluding ortho intramolecular Hbond substituents is 1. The molecule has 2 amide bonds. The lowest BCUT2D eigenvalue weighted by atomic mass is 9.93. The van der Waals surface area contributed by atoms with Gasteiger partial charge in [-0.05, 0) is 49.9 Å². The van der Waals surface area contributed by atoms with Crippen LogP contribution in [0, 0.1) is 5.92 Å². The normalized spacial score (nSPS) is 13.8. The number of urea groups is 1. The molecule has 208 valence electrons. The molecule has 0 saturated heterocycles. The number of carbonyl (C=O) groups is 1. The molecule has 0 radical (unpaired) electrons. The van der Waals surface area contributed by atoms with Gasteiger partial charge in [-0.25, -0.2) is 10.2 Å². The highest BCUT2D eigenvalue weighted by Gasteiger charge is 2.16. The highest BCUT2D eigenvalue weighted by Crippen LogP contribution is 2.28. The molecule has 0 fully saturated rings. The predicted molar refractivity (Wildman–Crippen MR) is 154 cm³/mol. The van der Waals surface area contributed by atoms with Crippen LogP contribution in [0.15, 0.2) is 24.3 Å². The molecule has 0 aliphatic rings. The first kappa shape index (κ1) is 32.4. The van der Waals surface area contributed by atoms with Crippen molar-refractivity contribution in [2.45, 2.75) is 128 Å². The lowest BCUT2D eigenvalue weighted by Crippen LogP contribution is -2.45. The maximum Gasteiger partial charge on any atom is 0.326 e. The molecule has 7 heteroatoms. The van der Waals surface area contributed by atoms with E-state index in [0.717, 1.165) is 18.6 Å². The van der Waals surface area contributed by atoms with Crippen molar-refractivity contribution in [3.63, 3.8) is 0 Å². The maximum absolute atomic E-state index is 10.9. The van der Waals surface area contributed by atoms with Gasteiger partial charge in [-0.15, -0.1) is 11.8 Å². The van der Waals surface area contributed by atoms with Gasteiger partial charge in [-0.2, -0.15) is 0 Å². The van der Waals surface area contributed by atoms with E-state index in [1.807, 2.05) is 30.8 Å². The number of nitrogens with one attached hydrogen (secondary N) is 2. The van der Waals surface area contributed by atoms with E-state index in [4.69, 9.17) is 10.5 Å². The number of thioether (sulfide) groups is 1. The molecule has 3 atom stereocenters. The highest BCUT2D eigenvalue weighted by atomic mass is 32.2. The summed E-state index contributed by atoms with van der Waals surface area (Å²) in [6, 6.07) is 6.38. The molecule has 0 saturated carbocycles. The van der Waals surface area contributed by atoms with E-state index in [1.54, 1.807) is 12.1 Å². The fraction of sp³-hybridized carbons (Fsp3) is 0.759. The number of ether oxygens (including phenoxy) is 1. The van der Waals surface area contributed by atoms with Crippen molar-refractivity contribution >= 4 is 17.8 Å². The van der Waals surface area contributed by atoms with E-state index in [-0.39, 0.29) is 11.1 Å². The molecule has 6 nitrogen and oxygen atoms in total. The molecule has 36 heavy (non-hydrogen) atoms. The molecule has 0 spiro atoms. The number of primary amides is 1. The van der Waals surface area contributed by atoms with Crippen LogP contribution in [0.1, 0.15) is 117 Å². The lowest BCUT2D eigenvalue weighted by Gasteiger charge is -2.24. The summed E-state index contributed by atoms with van der Waals surface area (Å²) < 4.78 is 5.94. The molecular formula is C29H53N3O3S. The second-order valence-corrected chi connectivity index (χ2v) is 11.9.